The Balaban J connectivity index is 2.68. The second-order valence-corrected chi connectivity index (χ2v) is 5.20. The van der Waals surface area contributed by atoms with Crippen molar-refractivity contribution in [2.75, 3.05) is 25.6 Å². The van der Waals surface area contributed by atoms with Gasteiger partial charge in [0.15, 0.2) is 10.8 Å². The average Bonchev–Trinajstić information content (AvgIpc) is 2.70. The van der Waals surface area contributed by atoms with Crippen LogP contribution >= 0.6 is 11.3 Å². The molecule has 0 radical (unpaired) electrons. The van der Waals surface area contributed by atoms with Crippen molar-refractivity contribution in [2.45, 2.75) is 33.1 Å². The number of thiazole rings is 1. The fourth-order valence-corrected chi connectivity index (χ4v) is 2.41. The minimum absolute atomic E-state index is 0.355. The molecule has 0 aliphatic carbocycles. The predicted molar refractivity (Wildman–Crippen MR) is 71.0 cm³/mol. The molecular formula is C12H20N2O2S. The zero-order valence-corrected chi connectivity index (χ0v) is 11.8. The Bertz CT molecular complexity index is 377. The number of nitrogens with zero attached hydrogens (tertiary/aromatic N) is 2. The number of hydrogen-bond acceptors (Lipinski definition) is 5. The van der Waals surface area contributed by atoms with E-state index in [0.717, 1.165) is 23.0 Å². The van der Waals surface area contributed by atoms with Crippen LogP contribution in [0.15, 0.2) is 0 Å². The van der Waals surface area contributed by atoms with E-state index >= 15 is 0 Å². The second-order valence-electron chi connectivity index (χ2n) is 4.02. The van der Waals surface area contributed by atoms with Gasteiger partial charge in [0, 0.05) is 18.5 Å². The van der Waals surface area contributed by atoms with Crippen LogP contribution in [0.3, 0.4) is 0 Å². The maximum atomic E-state index is 11.4. The molecule has 0 bridgehead atoms. The van der Waals surface area contributed by atoms with Gasteiger partial charge in [0.1, 0.15) is 0 Å². The standard InChI is InChI=1S/C12H20N2O2S/c1-5-6-7-8-14(3)12-13-10(9(2)17-12)11(15)16-4/h5-8H2,1-4H3. The molecule has 0 amide bonds. The summed E-state index contributed by atoms with van der Waals surface area (Å²) in [5, 5.41) is 0.888. The van der Waals surface area contributed by atoms with E-state index in [1.807, 2.05) is 14.0 Å². The highest BCUT2D eigenvalue weighted by atomic mass is 32.1. The molecule has 0 atom stereocenters. The first-order valence-corrected chi connectivity index (χ1v) is 6.68. The van der Waals surface area contributed by atoms with Crippen LogP contribution < -0.4 is 4.90 Å². The van der Waals surface area contributed by atoms with Gasteiger partial charge in [-0.3, -0.25) is 0 Å². The molecule has 17 heavy (non-hydrogen) atoms. The molecule has 1 rings (SSSR count). The summed E-state index contributed by atoms with van der Waals surface area (Å²) in [6, 6.07) is 0. The topological polar surface area (TPSA) is 42.4 Å². The minimum atomic E-state index is -0.355. The van der Waals surface area contributed by atoms with Crippen LogP contribution in [0.5, 0.6) is 0 Å². The molecule has 0 saturated carbocycles. The van der Waals surface area contributed by atoms with E-state index in [4.69, 9.17) is 4.74 Å². The molecule has 0 aliphatic heterocycles. The third kappa shape index (κ3) is 3.70. The highest BCUT2D eigenvalue weighted by Gasteiger charge is 2.17. The molecule has 0 aliphatic rings. The van der Waals surface area contributed by atoms with Crippen molar-refractivity contribution >= 4 is 22.4 Å². The van der Waals surface area contributed by atoms with Gasteiger partial charge in [-0.2, -0.15) is 0 Å². The third-order valence-corrected chi connectivity index (χ3v) is 3.67. The maximum Gasteiger partial charge on any atom is 0.357 e. The number of aryl methyl sites for hydroxylation is 1. The molecule has 0 saturated heterocycles. The van der Waals surface area contributed by atoms with Crippen LogP contribution in [-0.4, -0.2) is 31.7 Å². The van der Waals surface area contributed by atoms with Gasteiger partial charge in [-0.25, -0.2) is 9.78 Å². The molecule has 5 heteroatoms. The number of anilines is 1. The number of carbonyl (C=O) groups is 1. The van der Waals surface area contributed by atoms with Crippen molar-refractivity contribution in [2.24, 2.45) is 0 Å². The van der Waals surface area contributed by atoms with E-state index in [9.17, 15) is 4.79 Å². The molecular weight excluding hydrogens is 236 g/mol. The molecule has 1 heterocycles. The van der Waals surface area contributed by atoms with Crippen molar-refractivity contribution in [3.8, 4) is 0 Å². The number of unbranched alkanes of at least 4 members (excludes halogenated alkanes) is 2. The van der Waals surface area contributed by atoms with E-state index in [0.29, 0.717) is 5.69 Å². The van der Waals surface area contributed by atoms with Gasteiger partial charge in [-0.05, 0) is 13.3 Å². The van der Waals surface area contributed by atoms with Gasteiger partial charge in [0.05, 0.1) is 7.11 Å². The highest BCUT2D eigenvalue weighted by Crippen LogP contribution is 2.25. The summed E-state index contributed by atoms with van der Waals surface area (Å²) in [6.45, 7) is 5.05. The molecule has 1 aromatic heterocycles. The summed E-state index contributed by atoms with van der Waals surface area (Å²) in [4.78, 5) is 18.8. The Morgan fingerprint density at radius 2 is 2.18 bits per heavy atom. The molecule has 0 fully saturated rings. The van der Waals surface area contributed by atoms with Crippen LogP contribution in [0, 0.1) is 6.92 Å². The predicted octanol–water partition coefficient (Wildman–Crippen LogP) is 2.86. The molecule has 96 valence electrons. The zero-order chi connectivity index (χ0) is 12.8. The molecule has 0 N–H and O–H groups in total. The van der Waals surface area contributed by atoms with Crippen LogP contribution in [-0.2, 0) is 4.74 Å². The van der Waals surface area contributed by atoms with Gasteiger partial charge in [0.2, 0.25) is 0 Å². The minimum Gasteiger partial charge on any atom is -0.464 e. The van der Waals surface area contributed by atoms with E-state index in [1.165, 1.54) is 31.3 Å². The number of carbonyl (C=O) groups excluding carboxylic acids is 1. The van der Waals surface area contributed by atoms with Gasteiger partial charge >= 0.3 is 5.97 Å². The van der Waals surface area contributed by atoms with Crippen molar-refractivity contribution in [3.05, 3.63) is 10.6 Å². The summed E-state index contributed by atoms with van der Waals surface area (Å²) in [6.07, 6.45) is 3.58. The zero-order valence-electron chi connectivity index (χ0n) is 10.9. The van der Waals surface area contributed by atoms with E-state index in [1.54, 1.807) is 0 Å². The summed E-state index contributed by atoms with van der Waals surface area (Å²) in [5.74, 6) is -0.355. The van der Waals surface area contributed by atoms with Crippen molar-refractivity contribution < 1.29 is 9.53 Å². The fraction of sp³-hybridized carbons (Fsp3) is 0.667. The molecule has 0 unspecified atom stereocenters. The average molecular weight is 256 g/mol. The quantitative estimate of drug-likeness (QED) is 0.580. The van der Waals surface area contributed by atoms with Gasteiger partial charge in [0.25, 0.3) is 0 Å². The molecule has 4 nitrogen and oxygen atoms in total. The Morgan fingerprint density at radius 1 is 1.47 bits per heavy atom. The number of aromatic nitrogens is 1. The maximum absolute atomic E-state index is 11.4. The summed E-state index contributed by atoms with van der Waals surface area (Å²) in [7, 11) is 3.39. The SMILES string of the molecule is CCCCCN(C)c1nc(C(=O)OC)c(C)s1. The normalized spacial score (nSPS) is 10.4. The monoisotopic (exact) mass is 256 g/mol. The lowest BCUT2D eigenvalue weighted by atomic mass is 10.2. The number of methoxy groups -OCH3 is 1. The largest absolute Gasteiger partial charge is 0.464 e. The van der Waals surface area contributed by atoms with Crippen LogP contribution in [0.1, 0.15) is 41.6 Å². The van der Waals surface area contributed by atoms with Gasteiger partial charge < -0.3 is 9.64 Å². The number of hydrogen-bond donors (Lipinski definition) is 0. The van der Waals surface area contributed by atoms with Gasteiger partial charge in [-0.1, -0.05) is 19.8 Å². The number of esters is 1. The first kappa shape index (κ1) is 14.0. The van der Waals surface area contributed by atoms with E-state index < -0.39 is 0 Å². The van der Waals surface area contributed by atoms with Crippen molar-refractivity contribution in [1.82, 2.24) is 4.98 Å². The fourth-order valence-electron chi connectivity index (χ4n) is 1.53. The lowest BCUT2D eigenvalue weighted by Gasteiger charge is -2.14. The highest BCUT2D eigenvalue weighted by molar-refractivity contribution is 7.15. The first-order chi connectivity index (χ1) is 8.10. The van der Waals surface area contributed by atoms with Crippen LogP contribution in [0.25, 0.3) is 0 Å². The van der Waals surface area contributed by atoms with Crippen molar-refractivity contribution in [3.63, 3.8) is 0 Å². The smallest absolute Gasteiger partial charge is 0.357 e. The Labute approximate surface area is 107 Å². The van der Waals surface area contributed by atoms with Gasteiger partial charge in [-0.15, -0.1) is 11.3 Å². The lowest BCUT2D eigenvalue weighted by Crippen LogP contribution is -2.18. The molecule has 1 aromatic rings. The molecule has 0 aromatic carbocycles. The summed E-state index contributed by atoms with van der Waals surface area (Å²) < 4.78 is 4.70. The number of rotatable bonds is 6. The van der Waals surface area contributed by atoms with Crippen molar-refractivity contribution in [1.29, 1.82) is 0 Å². The second kappa shape index (κ2) is 6.59. The molecule has 0 spiro atoms. The first-order valence-electron chi connectivity index (χ1n) is 5.87. The lowest BCUT2D eigenvalue weighted by molar-refractivity contribution is 0.0594. The third-order valence-electron chi connectivity index (χ3n) is 2.59. The van der Waals surface area contributed by atoms with E-state index in [2.05, 4.69) is 16.8 Å². The Kier molecular flexibility index (Phi) is 5.41. The number of ether oxygens (including phenoxy) is 1. The van der Waals surface area contributed by atoms with E-state index in [-0.39, 0.29) is 5.97 Å². The van der Waals surface area contributed by atoms with Crippen LogP contribution in [0.4, 0.5) is 5.13 Å². The summed E-state index contributed by atoms with van der Waals surface area (Å²) in [5.41, 5.74) is 0.440. The Hall–Kier alpha value is -1.10. The van der Waals surface area contributed by atoms with Crippen LogP contribution in [0.2, 0.25) is 0 Å². The summed E-state index contributed by atoms with van der Waals surface area (Å²) >= 11 is 1.54. The Morgan fingerprint density at radius 3 is 2.76 bits per heavy atom.